The minimum Gasteiger partial charge on any atom is -0.370 e. The predicted octanol–water partition coefficient (Wildman–Crippen LogP) is -0.469. The Morgan fingerprint density at radius 2 is 2.50 bits per heavy atom. The molecule has 1 aliphatic rings. The second kappa shape index (κ2) is 4.83. The van der Waals surface area contributed by atoms with E-state index in [-0.39, 0.29) is 11.9 Å². The normalized spacial score (nSPS) is 23.6. The summed E-state index contributed by atoms with van der Waals surface area (Å²) in [6.45, 7) is 5.99. The van der Waals surface area contributed by atoms with E-state index in [9.17, 15) is 4.79 Å². The fourth-order valence-electron chi connectivity index (χ4n) is 1.41. The monoisotopic (exact) mass is 198 g/mol. The number of nitrogens with one attached hydrogen (secondary N) is 1. The van der Waals surface area contributed by atoms with Gasteiger partial charge in [-0.15, -0.1) is 0 Å². The molecule has 0 spiro atoms. The summed E-state index contributed by atoms with van der Waals surface area (Å²) in [5, 5.41) is 2.78. The Bertz CT molecular complexity index is 239. The third-order valence-electron chi connectivity index (χ3n) is 2.29. The molecule has 80 valence electrons. The van der Waals surface area contributed by atoms with Gasteiger partial charge in [0, 0.05) is 19.6 Å². The topological polar surface area (TPSA) is 70.7 Å². The van der Waals surface area contributed by atoms with Crippen molar-refractivity contribution in [2.45, 2.75) is 26.3 Å². The molecule has 1 saturated heterocycles. The molecular formula is C9H18N4O. The maximum absolute atomic E-state index is 11.3. The van der Waals surface area contributed by atoms with Crippen LogP contribution in [0.25, 0.3) is 0 Å². The van der Waals surface area contributed by atoms with Crippen LogP contribution in [0.4, 0.5) is 0 Å². The Balaban J connectivity index is 2.61. The van der Waals surface area contributed by atoms with E-state index in [0.717, 1.165) is 19.5 Å². The fourth-order valence-corrected chi connectivity index (χ4v) is 1.41. The van der Waals surface area contributed by atoms with Crippen molar-refractivity contribution >= 4 is 11.9 Å². The molecule has 1 amide bonds. The molecule has 1 aliphatic heterocycles. The third-order valence-corrected chi connectivity index (χ3v) is 2.29. The number of aliphatic imine (C=N–C) groups is 1. The van der Waals surface area contributed by atoms with E-state index in [1.165, 1.54) is 0 Å². The molecule has 0 aromatic carbocycles. The quantitative estimate of drug-likeness (QED) is 0.465. The highest BCUT2D eigenvalue weighted by atomic mass is 16.2. The molecule has 0 saturated carbocycles. The van der Waals surface area contributed by atoms with Crippen LogP contribution in [-0.4, -0.2) is 42.4 Å². The number of piperazine rings is 1. The lowest BCUT2D eigenvalue weighted by Crippen LogP contribution is -2.57. The highest BCUT2D eigenvalue weighted by molar-refractivity contribution is 5.89. The number of nitrogens with two attached hydrogens (primary N) is 1. The van der Waals surface area contributed by atoms with Gasteiger partial charge in [-0.3, -0.25) is 9.79 Å². The maximum Gasteiger partial charge on any atom is 0.242 e. The number of hydrogen-bond donors (Lipinski definition) is 2. The fraction of sp³-hybridized carbons (Fsp3) is 0.778. The standard InChI is InChI=1S/C9H18N4O/c1-3-4-12-9(10)13-6-5-11-8(14)7(13)2/h7H,3-6H2,1-2H3,(H2,10,12)(H,11,14). The second-order valence-electron chi connectivity index (χ2n) is 3.40. The van der Waals surface area contributed by atoms with Crippen molar-refractivity contribution in [2.24, 2.45) is 10.7 Å². The van der Waals surface area contributed by atoms with Crippen molar-refractivity contribution in [2.75, 3.05) is 19.6 Å². The first kappa shape index (κ1) is 10.8. The molecule has 0 aromatic heterocycles. The number of guanidine groups is 1. The van der Waals surface area contributed by atoms with Crippen molar-refractivity contribution < 1.29 is 4.79 Å². The summed E-state index contributed by atoms with van der Waals surface area (Å²) in [5.41, 5.74) is 5.78. The van der Waals surface area contributed by atoms with Crippen molar-refractivity contribution in [3.8, 4) is 0 Å². The summed E-state index contributed by atoms with van der Waals surface area (Å²) in [7, 11) is 0. The summed E-state index contributed by atoms with van der Waals surface area (Å²) in [6, 6.07) is -0.204. The van der Waals surface area contributed by atoms with Gasteiger partial charge >= 0.3 is 0 Å². The molecule has 5 heteroatoms. The van der Waals surface area contributed by atoms with E-state index in [0.29, 0.717) is 12.5 Å². The lowest BCUT2D eigenvalue weighted by molar-refractivity contribution is -0.126. The number of amides is 1. The largest absolute Gasteiger partial charge is 0.370 e. The number of carbonyl (C=O) groups is 1. The molecule has 1 rings (SSSR count). The molecule has 3 N–H and O–H groups in total. The average Bonchev–Trinajstić information content (AvgIpc) is 2.18. The van der Waals surface area contributed by atoms with Crippen LogP contribution in [0.3, 0.4) is 0 Å². The lowest BCUT2D eigenvalue weighted by atomic mass is 10.2. The minimum atomic E-state index is -0.204. The molecule has 1 unspecified atom stereocenters. The molecule has 0 radical (unpaired) electrons. The zero-order valence-electron chi connectivity index (χ0n) is 8.79. The van der Waals surface area contributed by atoms with E-state index in [1.807, 2.05) is 18.7 Å². The summed E-state index contributed by atoms with van der Waals surface area (Å²) < 4.78 is 0. The van der Waals surface area contributed by atoms with Crippen LogP contribution in [0.2, 0.25) is 0 Å². The zero-order chi connectivity index (χ0) is 10.6. The van der Waals surface area contributed by atoms with E-state index in [2.05, 4.69) is 10.3 Å². The maximum atomic E-state index is 11.3. The Morgan fingerprint density at radius 3 is 3.14 bits per heavy atom. The predicted molar refractivity (Wildman–Crippen MR) is 56.0 cm³/mol. The highest BCUT2D eigenvalue weighted by Crippen LogP contribution is 2.03. The molecule has 1 heterocycles. The summed E-state index contributed by atoms with van der Waals surface area (Å²) in [4.78, 5) is 17.4. The summed E-state index contributed by atoms with van der Waals surface area (Å²) in [6.07, 6.45) is 0.967. The van der Waals surface area contributed by atoms with Crippen molar-refractivity contribution in [3.63, 3.8) is 0 Å². The summed E-state index contributed by atoms with van der Waals surface area (Å²) in [5.74, 6) is 0.500. The van der Waals surface area contributed by atoms with Crippen LogP contribution >= 0.6 is 0 Å². The van der Waals surface area contributed by atoms with Gasteiger partial charge in [0.1, 0.15) is 6.04 Å². The molecule has 0 aliphatic carbocycles. The number of carbonyl (C=O) groups excluding carboxylic acids is 1. The van der Waals surface area contributed by atoms with Crippen LogP contribution in [0.5, 0.6) is 0 Å². The van der Waals surface area contributed by atoms with E-state index < -0.39 is 0 Å². The number of nitrogens with zero attached hydrogens (tertiary/aromatic N) is 2. The van der Waals surface area contributed by atoms with E-state index >= 15 is 0 Å². The number of rotatable bonds is 2. The van der Waals surface area contributed by atoms with Crippen molar-refractivity contribution in [1.82, 2.24) is 10.2 Å². The Kier molecular flexibility index (Phi) is 3.73. The molecule has 5 nitrogen and oxygen atoms in total. The van der Waals surface area contributed by atoms with Gasteiger partial charge < -0.3 is 16.0 Å². The van der Waals surface area contributed by atoms with Crippen LogP contribution in [0.15, 0.2) is 4.99 Å². The summed E-state index contributed by atoms with van der Waals surface area (Å²) >= 11 is 0. The molecule has 0 bridgehead atoms. The van der Waals surface area contributed by atoms with Crippen LogP contribution in [0, 0.1) is 0 Å². The molecular weight excluding hydrogens is 180 g/mol. The molecule has 0 aromatic rings. The van der Waals surface area contributed by atoms with Gasteiger partial charge in [-0.2, -0.15) is 0 Å². The average molecular weight is 198 g/mol. The van der Waals surface area contributed by atoms with Gasteiger partial charge in [-0.25, -0.2) is 0 Å². The second-order valence-corrected chi connectivity index (χ2v) is 3.40. The minimum absolute atomic E-state index is 0.0194. The SMILES string of the molecule is CCCN=C(N)N1CCNC(=O)C1C. The smallest absolute Gasteiger partial charge is 0.242 e. The lowest BCUT2D eigenvalue weighted by Gasteiger charge is -2.33. The van der Waals surface area contributed by atoms with Crippen LogP contribution < -0.4 is 11.1 Å². The van der Waals surface area contributed by atoms with Crippen LogP contribution in [-0.2, 0) is 4.79 Å². The Morgan fingerprint density at radius 1 is 1.79 bits per heavy atom. The van der Waals surface area contributed by atoms with Gasteiger partial charge in [-0.05, 0) is 13.3 Å². The van der Waals surface area contributed by atoms with Gasteiger partial charge in [-0.1, -0.05) is 6.92 Å². The van der Waals surface area contributed by atoms with Gasteiger partial charge in [0.25, 0.3) is 0 Å². The third kappa shape index (κ3) is 2.37. The Labute approximate surface area is 84.4 Å². The van der Waals surface area contributed by atoms with Gasteiger partial charge in [0.2, 0.25) is 5.91 Å². The van der Waals surface area contributed by atoms with E-state index in [1.54, 1.807) is 0 Å². The first-order valence-corrected chi connectivity index (χ1v) is 5.01. The molecule has 14 heavy (non-hydrogen) atoms. The van der Waals surface area contributed by atoms with Crippen LogP contribution in [0.1, 0.15) is 20.3 Å². The molecule has 1 atom stereocenters. The Hall–Kier alpha value is -1.26. The molecule has 1 fully saturated rings. The first-order chi connectivity index (χ1) is 6.66. The van der Waals surface area contributed by atoms with Crippen molar-refractivity contribution in [3.05, 3.63) is 0 Å². The van der Waals surface area contributed by atoms with Crippen molar-refractivity contribution in [1.29, 1.82) is 0 Å². The van der Waals surface area contributed by atoms with Gasteiger partial charge in [0.15, 0.2) is 5.96 Å². The zero-order valence-corrected chi connectivity index (χ0v) is 8.79. The highest BCUT2D eigenvalue weighted by Gasteiger charge is 2.26. The van der Waals surface area contributed by atoms with Gasteiger partial charge in [0.05, 0.1) is 0 Å². The number of hydrogen-bond acceptors (Lipinski definition) is 2. The first-order valence-electron chi connectivity index (χ1n) is 5.01. The van der Waals surface area contributed by atoms with E-state index in [4.69, 9.17) is 5.73 Å².